The molecule has 0 bridgehead atoms. The summed E-state index contributed by atoms with van der Waals surface area (Å²) >= 11 is 0. The van der Waals surface area contributed by atoms with Gasteiger partial charge < -0.3 is 14.2 Å². The van der Waals surface area contributed by atoms with Gasteiger partial charge in [0.1, 0.15) is 13.2 Å². The molecule has 0 N–H and O–H groups in total. The summed E-state index contributed by atoms with van der Waals surface area (Å²) in [5.74, 6) is -0.00593. The summed E-state index contributed by atoms with van der Waals surface area (Å²) in [7, 11) is 0. The van der Waals surface area contributed by atoms with Crippen molar-refractivity contribution < 1.29 is 28.6 Å². The Bertz CT molecular complexity index is 933. The molecular weight excluding hydrogens is 769 g/mol. The first kappa shape index (κ1) is 60.4. The summed E-state index contributed by atoms with van der Waals surface area (Å²) in [5.41, 5.74) is 0. The van der Waals surface area contributed by atoms with Crippen LogP contribution in [0.3, 0.4) is 0 Å². The fourth-order valence-corrected chi connectivity index (χ4v) is 8.57. The number of hydrogen-bond acceptors (Lipinski definition) is 6. The van der Waals surface area contributed by atoms with Crippen LogP contribution < -0.4 is 0 Å². The second-order valence-electron chi connectivity index (χ2n) is 19.7. The van der Waals surface area contributed by atoms with Gasteiger partial charge in [-0.2, -0.15) is 0 Å². The van der Waals surface area contributed by atoms with Gasteiger partial charge >= 0.3 is 17.9 Å². The predicted molar refractivity (Wildman–Crippen MR) is 266 cm³/mol. The normalized spacial score (nSPS) is 12.0. The van der Waals surface area contributed by atoms with Crippen molar-refractivity contribution in [3.63, 3.8) is 0 Å². The molecule has 0 radical (unpaired) electrons. The number of rotatable bonds is 51. The molecule has 0 aromatic rings. The third kappa shape index (κ3) is 49.4. The maximum absolute atomic E-state index is 12.8. The van der Waals surface area contributed by atoms with E-state index in [0.29, 0.717) is 19.3 Å². The van der Waals surface area contributed by atoms with Crippen LogP contribution >= 0.6 is 0 Å². The van der Waals surface area contributed by atoms with Crippen molar-refractivity contribution in [3.8, 4) is 0 Å². The average molecular weight is 877 g/mol. The molecule has 0 spiro atoms. The first-order valence-electron chi connectivity index (χ1n) is 27.9. The number of carbonyl (C=O) groups is 3. The van der Waals surface area contributed by atoms with E-state index in [2.05, 4.69) is 27.7 Å². The smallest absolute Gasteiger partial charge is 0.306 e. The standard InChI is InChI=1S/C56H108O6/c1-5-7-9-11-13-15-17-19-20-21-23-28-32-36-40-44-48-55(58)61-51-53(50-60-54(57)47-43-39-35-31-27-22-18-16-14-12-10-8-6-2)62-56(59)49-45-41-37-33-29-25-24-26-30-34-38-42-46-52(3)4/h52-53H,5-51H2,1-4H3/t53-/m0/s1. The van der Waals surface area contributed by atoms with Crippen molar-refractivity contribution in [2.24, 2.45) is 5.92 Å². The third-order valence-electron chi connectivity index (χ3n) is 12.8. The largest absolute Gasteiger partial charge is 0.462 e. The Morgan fingerprint density at radius 3 is 0.790 bits per heavy atom. The fraction of sp³-hybridized carbons (Fsp3) is 0.946. The SMILES string of the molecule is CCCCCCCCCCCCCCCCCCC(=O)OC[C@H](COC(=O)CCCCCCCCCCCCCCC)OC(=O)CCCCCCCCCCCCCCC(C)C. The zero-order valence-electron chi connectivity index (χ0n) is 42.3. The van der Waals surface area contributed by atoms with Gasteiger partial charge in [0.25, 0.3) is 0 Å². The minimum absolute atomic E-state index is 0.0621. The molecule has 0 aliphatic carbocycles. The molecule has 0 rings (SSSR count). The highest BCUT2D eigenvalue weighted by Crippen LogP contribution is 2.18. The van der Waals surface area contributed by atoms with Gasteiger partial charge in [-0.1, -0.05) is 278 Å². The van der Waals surface area contributed by atoms with Crippen LogP contribution in [0.1, 0.15) is 317 Å². The lowest BCUT2D eigenvalue weighted by Crippen LogP contribution is -2.30. The molecule has 0 aromatic carbocycles. The van der Waals surface area contributed by atoms with Crippen LogP contribution in [0.25, 0.3) is 0 Å². The monoisotopic (exact) mass is 877 g/mol. The van der Waals surface area contributed by atoms with Gasteiger partial charge in [0.15, 0.2) is 6.10 Å². The van der Waals surface area contributed by atoms with Crippen molar-refractivity contribution >= 4 is 17.9 Å². The number of carbonyl (C=O) groups excluding carboxylic acids is 3. The molecule has 1 atom stereocenters. The average Bonchev–Trinajstić information content (AvgIpc) is 3.26. The molecule has 0 saturated carbocycles. The molecule has 0 saturated heterocycles. The molecule has 0 heterocycles. The van der Waals surface area contributed by atoms with Crippen molar-refractivity contribution in [2.75, 3.05) is 13.2 Å². The minimum Gasteiger partial charge on any atom is -0.462 e. The highest BCUT2D eigenvalue weighted by Gasteiger charge is 2.19. The van der Waals surface area contributed by atoms with E-state index in [-0.39, 0.29) is 31.1 Å². The van der Waals surface area contributed by atoms with Gasteiger partial charge in [-0.25, -0.2) is 0 Å². The highest BCUT2D eigenvalue weighted by atomic mass is 16.6. The lowest BCUT2D eigenvalue weighted by Gasteiger charge is -2.18. The Morgan fingerprint density at radius 2 is 0.532 bits per heavy atom. The van der Waals surface area contributed by atoms with E-state index in [1.165, 1.54) is 212 Å². The van der Waals surface area contributed by atoms with Crippen molar-refractivity contribution in [3.05, 3.63) is 0 Å². The topological polar surface area (TPSA) is 78.9 Å². The van der Waals surface area contributed by atoms with E-state index in [1.54, 1.807) is 0 Å². The minimum atomic E-state index is -0.761. The predicted octanol–water partition coefficient (Wildman–Crippen LogP) is 18.2. The number of esters is 3. The van der Waals surface area contributed by atoms with Crippen LogP contribution in [-0.2, 0) is 28.6 Å². The van der Waals surface area contributed by atoms with Gasteiger partial charge in [0.05, 0.1) is 0 Å². The van der Waals surface area contributed by atoms with E-state index in [0.717, 1.165) is 63.7 Å². The van der Waals surface area contributed by atoms with Crippen LogP contribution in [0.4, 0.5) is 0 Å². The molecule has 0 aliphatic rings. The molecule has 0 unspecified atom stereocenters. The van der Waals surface area contributed by atoms with E-state index < -0.39 is 6.10 Å². The number of ether oxygens (including phenoxy) is 3. The van der Waals surface area contributed by atoms with Crippen LogP contribution in [0, 0.1) is 5.92 Å². The van der Waals surface area contributed by atoms with E-state index in [1.807, 2.05) is 0 Å². The Hall–Kier alpha value is -1.59. The quantitative estimate of drug-likeness (QED) is 0.0344. The zero-order chi connectivity index (χ0) is 45.2. The molecule has 0 aromatic heterocycles. The summed E-state index contributed by atoms with van der Waals surface area (Å²) in [6.45, 7) is 9.05. The van der Waals surface area contributed by atoms with E-state index in [9.17, 15) is 14.4 Å². The summed E-state index contributed by atoms with van der Waals surface area (Å²) in [6, 6.07) is 0. The Kier molecular flexibility index (Phi) is 49.1. The zero-order valence-corrected chi connectivity index (χ0v) is 42.3. The molecule has 6 heteroatoms. The van der Waals surface area contributed by atoms with Crippen LogP contribution in [0.2, 0.25) is 0 Å². The highest BCUT2D eigenvalue weighted by molar-refractivity contribution is 5.71. The first-order chi connectivity index (χ1) is 30.4. The van der Waals surface area contributed by atoms with Gasteiger partial charge in [0.2, 0.25) is 0 Å². The van der Waals surface area contributed by atoms with Crippen molar-refractivity contribution in [1.82, 2.24) is 0 Å². The summed E-state index contributed by atoms with van der Waals surface area (Å²) in [6.07, 6.45) is 53.7. The second-order valence-corrected chi connectivity index (χ2v) is 19.7. The molecular formula is C56H108O6. The van der Waals surface area contributed by atoms with Crippen LogP contribution in [0.5, 0.6) is 0 Å². The van der Waals surface area contributed by atoms with Crippen LogP contribution in [0.15, 0.2) is 0 Å². The lowest BCUT2D eigenvalue weighted by molar-refractivity contribution is -0.167. The molecule has 368 valence electrons. The molecule has 0 aliphatic heterocycles. The third-order valence-corrected chi connectivity index (χ3v) is 12.8. The Labute approximate surface area is 387 Å². The first-order valence-corrected chi connectivity index (χ1v) is 27.9. The van der Waals surface area contributed by atoms with Gasteiger partial charge in [-0.15, -0.1) is 0 Å². The van der Waals surface area contributed by atoms with E-state index in [4.69, 9.17) is 14.2 Å². The van der Waals surface area contributed by atoms with Crippen LogP contribution in [-0.4, -0.2) is 37.2 Å². The van der Waals surface area contributed by atoms with Gasteiger partial charge in [-0.05, 0) is 25.2 Å². The molecule has 0 fully saturated rings. The molecule has 6 nitrogen and oxygen atoms in total. The fourth-order valence-electron chi connectivity index (χ4n) is 8.57. The van der Waals surface area contributed by atoms with Gasteiger partial charge in [0, 0.05) is 19.3 Å². The second kappa shape index (κ2) is 50.4. The Morgan fingerprint density at radius 1 is 0.306 bits per heavy atom. The molecule has 0 amide bonds. The summed E-state index contributed by atoms with van der Waals surface area (Å²) in [5, 5.41) is 0. The van der Waals surface area contributed by atoms with Gasteiger partial charge in [-0.3, -0.25) is 14.4 Å². The summed E-state index contributed by atoms with van der Waals surface area (Å²) in [4.78, 5) is 38.1. The Balaban J connectivity index is 4.30. The summed E-state index contributed by atoms with van der Waals surface area (Å²) < 4.78 is 16.9. The van der Waals surface area contributed by atoms with Crippen molar-refractivity contribution in [2.45, 2.75) is 323 Å². The molecule has 62 heavy (non-hydrogen) atoms. The van der Waals surface area contributed by atoms with E-state index >= 15 is 0 Å². The van der Waals surface area contributed by atoms with Crippen molar-refractivity contribution in [1.29, 1.82) is 0 Å². The number of unbranched alkanes of at least 4 members (excludes halogenated alkanes) is 38. The maximum atomic E-state index is 12.8. The lowest BCUT2D eigenvalue weighted by atomic mass is 10.0. The maximum Gasteiger partial charge on any atom is 0.306 e. The number of hydrogen-bond donors (Lipinski definition) is 0.